The highest BCUT2D eigenvalue weighted by atomic mass is 19.1. The Balaban J connectivity index is 2.57. The Kier molecular flexibility index (Phi) is 1.72. The molecular weight excluding hydrogens is 187 g/mol. The van der Waals surface area contributed by atoms with Gasteiger partial charge in [0, 0.05) is 0 Å². The van der Waals surface area contributed by atoms with Crippen LogP contribution in [-0.4, -0.2) is 0 Å². The summed E-state index contributed by atoms with van der Waals surface area (Å²) in [5, 5.41) is 4.31. The molecule has 0 nitrogen and oxygen atoms in total. The van der Waals surface area contributed by atoms with Crippen LogP contribution in [0.15, 0.2) is 54.6 Å². The molecule has 15 heavy (non-hydrogen) atoms. The van der Waals surface area contributed by atoms with Gasteiger partial charge in [-0.15, -0.1) is 0 Å². The second-order valence-corrected chi connectivity index (χ2v) is 3.65. The Bertz CT molecular complexity index is 641. The van der Waals surface area contributed by atoms with Crippen LogP contribution in [0.4, 0.5) is 4.39 Å². The second-order valence-electron chi connectivity index (χ2n) is 3.65. The van der Waals surface area contributed by atoms with Crippen LogP contribution < -0.4 is 0 Å². The van der Waals surface area contributed by atoms with Crippen molar-refractivity contribution in [3.8, 4) is 0 Å². The molecule has 0 atom stereocenters. The number of halogens is 1. The largest absolute Gasteiger partial charge is 0.207 e. The van der Waals surface area contributed by atoms with Gasteiger partial charge in [0.1, 0.15) is 5.82 Å². The average molecular weight is 196 g/mol. The van der Waals surface area contributed by atoms with Gasteiger partial charge < -0.3 is 0 Å². The first-order valence-corrected chi connectivity index (χ1v) is 4.92. The molecule has 3 aromatic carbocycles. The number of hydrogen-bond acceptors (Lipinski definition) is 0. The molecule has 0 amide bonds. The predicted octanol–water partition coefficient (Wildman–Crippen LogP) is 4.13. The van der Waals surface area contributed by atoms with E-state index in [1.165, 1.54) is 6.07 Å². The van der Waals surface area contributed by atoms with E-state index in [1.54, 1.807) is 6.07 Å². The summed E-state index contributed by atoms with van der Waals surface area (Å²) in [6.07, 6.45) is 0. The number of benzene rings is 3. The van der Waals surface area contributed by atoms with Crippen LogP contribution in [0.5, 0.6) is 0 Å². The summed E-state index contributed by atoms with van der Waals surface area (Å²) in [5.41, 5.74) is 0. The molecule has 0 aliphatic carbocycles. The second kappa shape index (κ2) is 3.06. The first kappa shape index (κ1) is 8.42. The third-order valence-electron chi connectivity index (χ3n) is 2.71. The van der Waals surface area contributed by atoms with Crippen LogP contribution in [-0.2, 0) is 0 Å². The van der Waals surface area contributed by atoms with E-state index >= 15 is 0 Å². The van der Waals surface area contributed by atoms with Crippen molar-refractivity contribution in [2.75, 3.05) is 0 Å². The summed E-state index contributed by atoms with van der Waals surface area (Å²) in [7, 11) is 0. The smallest absolute Gasteiger partial charge is 0.123 e. The maximum Gasteiger partial charge on any atom is 0.123 e. The zero-order valence-corrected chi connectivity index (χ0v) is 8.07. The minimum atomic E-state index is -0.182. The summed E-state index contributed by atoms with van der Waals surface area (Å²) in [4.78, 5) is 0. The predicted molar refractivity (Wildman–Crippen MR) is 61.4 cm³/mol. The van der Waals surface area contributed by atoms with Crippen LogP contribution in [0, 0.1) is 5.82 Å². The molecule has 0 N–H and O–H groups in total. The van der Waals surface area contributed by atoms with E-state index in [0.717, 1.165) is 21.5 Å². The van der Waals surface area contributed by atoms with E-state index in [-0.39, 0.29) is 5.82 Å². The van der Waals surface area contributed by atoms with Gasteiger partial charge in [0.05, 0.1) is 0 Å². The monoisotopic (exact) mass is 196 g/mol. The fraction of sp³-hybridized carbons (Fsp3) is 0. The van der Waals surface area contributed by atoms with Gasteiger partial charge in [-0.25, -0.2) is 4.39 Å². The Labute approximate surface area is 87.0 Å². The first-order valence-electron chi connectivity index (χ1n) is 4.92. The highest BCUT2D eigenvalue weighted by Gasteiger charge is 2.00. The van der Waals surface area contributed by atoms with Crippen LogP contribution in [0.25, 0.3) is 21.5 Å². The highest BCUT2D eigenvalue weighted by Crippen LogP contribution is 2.25. The van der Waals surface area contributed by atoms with Crippen molar-refractivity contribution in [3.05, 3.63) is 60.4 Å². The average Bonchev–Trinajstić information content (AvgIpc) is 2.29. The molecule has 72 valence electrons. The quantitative estimate of drug-likeness (QED) is 0.474. The van der Waals surface area contributed by atoms with E-state index in [9.17, 15) is 4.39 Å². The number of rotatable bonds is 0. The van der Waals surface area contributed by atoms with Gasteiger partial charge in [-0.1, -0.05) is 42.5 Å². The Hall–Kier alpha value is -1.89. The number of hydrogen-bond donors (Lipinski definition) is 0. The highest BCUT2D eigenvalue weighted by molar-refractivity contribution is 6.07. The molecule has 0 aliphatic rings. The fourth-order valence-corrected chi connectivity index (χ4v) is 1.97. The van der Waals surface area contributed by atoms with E-state index in [4.69, 9.17) is 0 Å². The molecule has 0 radical (unpaired) electrons. The van der Waals surface area contributed by atoms with Gasteiger partial charge in [-0.2, -0.15) is 0 Å². The van der Waals surface area contributed by atoms with Crippen molar-refractivity contribution >= 4 is 21.5 Å². The van der Waals surface area contributed by atoms with Crippen molar-refractivity contribution in [1.82, 2.24) is 0 Å². The third-order valence-corrected chi connectivity index (χ3v) is 2.71. The lowest BCUT2D eigenvalue weighted by molar-refractivity contribution is 0.630. The lowest BCUT2D eigenvalue weighted by Gasteiger charge is -2.03. The molecule has 0 aromatic heterocycles. The molecule has 3 aromatic rings. The van der Waals surface area contributed by atoms with Gasteiger partial charge in [0.15, 0.2) is 0 Å². The zero-order chi connectivity index (χ0) is 10.3. The molecule has 3 rings (SSSR count). The Morgan fingerprint density at radius 1 is 0.667 bits per heavy atom. The molecule has 0 heterocycles. The molecule has 1 heteroatoms. The molecule has 0 saturated heterocycles. The maximum atomic E-state index is 13.2. The molecule has 0 spiro atoms. The van der Waals surface area contributed by atoms with Crippen LogP contribution >= 0.6 is 0 Å². The summed E-state index contributed by atoms with van der Waals surface area (Å²) >= 11 is 0. The van der Waals surface area contributed by atoms with E-state index in [0.29, 0.717) is 0 Å². The lowest BCUT2D eigenvalue weighted by atomic mass is 10.0. The van der Waals surface area contributed by atoms with Gasteiger partial charge in [-0.05, 0) is 33.7 Å². The standard InChI is InChI=1S/C14H9F/c15-12-8-7-11-6-5-10-3-1-2-4-13(10)14(11)9-12/h1-9H. The summed E-state index contributed by atoms with van der Waals surface area (Å²) in [6.45, 7) is 0. The van der Waals surface area contributed by atoms with Crippen LogP contribution in [0.1, 0.15) is 0 Å². The SMILES string of the molecule is Fc1ccc2ccc3ccccc3c2c1. The summed E-state index contributed by atoms with van der Waals surface area (Å²) in [6, 6.07) is 17.0. The Morgan fingerprint density at radius 2 is 1.33 bits per heavy atom. The minimum absolute atomic E-state index is 0.182. The van der Waals surface area contributed by atoms with E-state index < -0.39 is 0 Å². The molecule has 0 unspecified atom stereocenters. The molecular formula is C14H9F. The Morgan fingerprint density at radius 3 is 2.20 bits per heavy atom. The van der Waals surface area contributed by atoms with Crippen molar-refractivity contribution in [2.45, 2.75) is 0 Å². The fourth-order valence-electron chi connectivity index (χ4n) is 1.97. The van der Waals surface area contributed by atoms with Crippen LogP contribution in [0.3, 0.4) is 0 Å². The molecule has 0 fully saturated rings. The molecule has 0 bridgehead atoms. The summed E-state index contributed by atoms with van der Waals surface area (Å²) in [5.74, 6) is -0.182. The topological polar surface area (TPSA) is 0 Å². The lowest BCUT2D eigenvalue weighted by Crippen LogP contribution is -1.79. The first-order chi connectivity index (χ1) is 7.34. The van der Waals surface area contributed by atoms with Crippen molar-refractivity contribution in [2.24, 2.45) is 0 Å². The minimum Gasteiger partial charge on any atom is -0.207 e. The van der Waals surface area contributed by atoms with Gasteiger partial charge in [-0.3, -0.25) is 0 Å². The summed E-state index contributed by atoms with van der Waals surface area (Å²) < 4.78 is 13.2. The van der Waals surface area contributed by atoms with Crippen molar-refractivity contribution in [1.29, 1.82) is 0 Å². The van der Waals surface area contributed by atoms with E-state index in [2.05, 4.69) is 6.07 Å². The van der Waals surface area contributed by atoms with Gasteiger partial charge in [0.2, 0.25) is 0 Å². The molecule has 0 aliphatic heterocycles. The number of fused-ring (bicyclic) bond motifs is 3. The third kappa shape index (κ3) is 1.28. The zero-order valence-electron chi connectivity index (χ0n) is 8.07. The van der Waals surface area contributed by atoms with Gasteiger partial charge in [0.25, 0.3) is 0 Å². The van der Waals surface area contributed by atoms with Crippen molar-refractivity contribution in [3.63, 3.8) is 0 Å². The van der Waals surface area contributed by atoms with E-state index in [1.807, 2.05) is 36.4 Å². The van der Waals surface area contributed by atoms with Gasteiger partial charge >= 0.3 is 0 Å². The maximum absolute atomic E-state index is 13.2. The normalized spacial score (nSPS) is 11.0. The molecule has 0 saturated carbocycles. The van der Waals surface area contributed by atoms with Crippen LogP contribution in [0.2, 0.25) is 0 Å². The van der Waals surface area contributed by atoms with Crippen molar-refractivity contribution < 1.29 is 4.39 Å².